The summed E-state index contributed by atoms with van der Waals surface area (Å²) in [6, 6.07) is 10.9. The fourth-order valence-corrected chi connectivity index (χ4v) is 2.00. The molecule has 0 aromatic heterocycles. The average Bonchev–Trinajstić information content (AvgIpc) is 2.46. The van der Waals surface area contributed by atoms with E-state index in [1.54, 1.807) is 7.11 Å². The second kappa shape index (κ2) is 6.26. The number of amides is 1. The molecule has 2 aromatic carbocycles. The molecule has 0 aliphatic heterocycles. The molecule has 2 aromatic rings. The lowest BCUT2D eigenvalue weighted by Crippen LogP contribution is -2.26. The zero-order chi connectivity index (χ0) is 15.4. The van der Waals surface area contributed by atoms with E-state index < -0.39 is 5.82 Å². The Balaban J connectivity index is 2.10. The first-order valence-corrected chi connectivity index (χ1v) is 6.50. The Labute approximate surface area is 122 Å². The molecular weight excluding hydrogens is 271 g/mol. The van der Waals surface area contributed by atoms with Crippen LogP contribution in [0.3, 0.4) is 0 Å². The van der Waals surface area contributed by atoms with Gasteiger partial charge < -0.3 is 15.8 Å². The quantitative estimate of drug-likeness (QED) is 0.850. The maximum atomic E-state index is 13.3. The summed E-state index contributed by atoms with van der Waals surface area (Å²) in [5.41, 5.74) is 6.88. The van der Waals surface area contributed by atoms with Crippen molar-refractivity contribution in [2.24, 2.45) is 0 Å². The van der Waals surface area contributed by atoms with Gasteiger partial charge in [0.25, 0.3) is 5.91 Å². The minimum absolute atomic E-state index is 0.202. The number of nitrogens with one attached hydrogen (secondary N) is 1. The number of halogens is 1. The number of benzene rings is 2. The lowest BCUT2D eigenvalue weighted by Gasteiger charge is -2.15. The molecular formula is C16H17FN2O2. The smallest absolute Gasteiger partial charge is 0.251 e. The van der Waals surface area contributed by atoms with Crippen molar-refractivity contribution in [3.8, 4) is 5.75 Å². The highest BCUT2D eigenvalue weighted by Gasteiger charge is 2.13. The highest BCUT2D eigenvalue weighted by atomic mass is 19.1. The zero-order valence-electron chi connectivity index (χ0n) is 11.9. The largest absolute Gasteiger partial charge is 0.497 e. The molecule has 1 amide bonds. The van der Waals surface area contributed by atoms with Gasteiger partial charge >= 0.3 is 0 Å². The van der Waals surface area contributed by atoms with Gasteiger partial charge in [-0.05, 0) is 42.8 Å². The maximum absolute atomic E-state index is 13.3. The van der Waals surface area contributed by atoms with Crippen molar-refractivity contribution in [3.63, 3.8) is 0 Å². The molecule has 0 saturated heterocycles. The molecule has 0 aliphatic carbocycles. The summed E-state index contributed by atoms with van der Waals surface area (Å²) >= 11 is 0. The molecule has 1 unspecified atom stereocenters. The average molecular weight is 288 g/mol. The van der Waals surface area contributed by atoms with Crippen LogP contribution >= 0.6 is 0 Å². The van der Waals surface area contributed by atoms with Crippen LogP contribution in [0.25, 0.3) is 0 Å². The van der Waals surface area contributed by atoms with E-state index in [4.69, 9.17) is 10.5 Å². The number of carbonyl (C=O) groups is 1. The molecule has 0 fully saturated rings. The summed E-state index contributed by atoms with van der Waals surface area (Å²) in [6.07, 6.45) is 0. The molecule has 4 nitrogen and oxygen atoms in total. The molecule has 0 heterocycles. The molecule has 0 spiro atoms. The normalized spacial score (nSPS) is 11.8. The molecule has 2 rings (SSSR count). The Bertz CT molecular complexity index is 621. The van der Waals surface area contributed by atoms with Gasteiger partial charge in [0.2, 0.25) is 0 Å². The number of nitrogens with two attached hydrogens (primary N) is 1. The minimum atomic E-state index is -0.530. The van der Waals surface area contributed by atoms with Gasteiger partial charge in [0.15, 0.2) is 0 Å². The number of hydrogen-bond acceptors (Lipinski definition) is 3. The van der Waals surface area contributed by atoms with Gasteiger partial charge in [-0.15, -0.1) is 0 Å². The minimum Gasteiger partial charge on any atom is -0.497 e. The summed E-state index contributed by atoms with van der Waals surface area (Å²) in [5, 5.41) is 2.80. The van der Waals surface area contributed by atoms with Gasteiger partial charge in [-0.3, -0.25) is 4.79 Å². The first-order valence-electron chi connectivity index (χ1n) is 6.50. The van der Waals surface area contributed by atoms with Crippen molar-refractivity contribution < 1.29 is 13.9 Å². The topological polar surface area (TPSA) is 64.3 Å². The monoisotopic (exact) mass is 288 g/mol. The molecule has 1 atom stereocenters. The van der Waals surface area contributed by atoms with Gasteiger partial charge in [0.1, 0.15) is 11.6 Å². The lowest BCUT2D eigenvalue weighted by molar-refractivity contribution is 0.0939. The van der Waals surface area contributed by atoms with Crippen LogP contribution in [0.2, 0.25) is 0 Å². The number of anilines is 1. The number of nitrogen functional groups attached to an aromatic ring is 1. The molecule has 0 radical (unpaired) electrons. The summed E-state index contributed by atoms with van der Waals surface area (Å²) < 4.78 is 18.3. The fourth-order valence-electron chi connectivity index (χ4n) is 2.00. The van der Waals surface area contributed by atoms with E-state index in [9.17, 15) is 9.18 Å². The Morgan fingerprint density at radius 1 is 1.24 bits per heavy atom. The Hall–Kier alpha value is -2.56. The Kier molecular flexibility index (Phi) is 4.42. The van der Waals surface area contributed by atoms with Crippen molar-refractivity contribution in [2.45, 2.75) is 13.0 Å². The van der Waals surface area contributed by atoms with Crippen LogP contribution in [-0.2, 0) is 0 Å². The summed E-state index contributed by atoms with van der Waals surface area (Å²) in [4.78, 5) is 12.1. The zero-order valence-corrected chi connectivity index (χ0v) is 11.9. The molecule has 5 heteroatoms. The van der Waals surface area contributed by atoms with Crippen molar-refractivity contribution >= 4 is 11.6 Å². The van der Waals surface area contributed by atoms with Crippen LogP contribution in [0.1, 0.15) is 28.9 Å². The molecule has 3 N–H and O–H groups in total. The first kappa shape index (κ1) is 14.8. The predicted octanol–water partition coefficient (Wildman–Crippen LogP) is 2.91. The number of rotatable bonds is 4. The SMILES string of the molecule is COc1ccc(C(C)NC(=O)c2cc(N)cc(F)c2)cc1. The molecule has 0 saturated carbocycles. The van der Waals surface area contributed by atoms with E-state index in [1.807, 2.05) is 31.2 Å². The summed E-state index contributed by atoms with van der Waals surface area (Å²) in [6.45, 7) is 1.85. The van der Waals surface area contributed by atoms with Crippen molar-refractivity contribution in [2.75, 3.05) is 12.8 Å². The predicted molar refractivity (Wildman–Crippen MR) is 79.7 cm³/mol. The van der Waals surface area contributed by atoms with Crippen LogP contribution in [0.5, 0.6) is 5.75 Å². The molecule has 110 valence electrons. The van der Waals surface area contributed by atoms with Crippen LogP contribution in [0.4, 0.5) is 10.1 Å². The van der Waals surface area contributed by atoms with Crippen molar-refractivity contribution in [1.29, 1.82) is 0 Å². The third-order valence-corrected chi connectivity index (χ3v) is 3.15. The van der Waals surface area contributed by atoms with Crippen LogP contribution in [0.15, 0.2) is 42.5 Å². The lowest BCUT2D eigenvalue weighted by atomic mass is 10.1. The Morgan fingerprint density at radius 3 is 2.48 bits per heavy atom. The van der Waals surface area contributed by atoms with E-state index in [0.29, 0.717) is 0 Å². The second-order valence-electron chi connectivity index (χ2n) is 4.74. The Morgan fingerprint density at radius 2 is 1.90 bits per heavy atom. The van der Waals surface area contributed by atoms with Gasteiger partial charge in [-0.25, -0.2) is 4.39 Å². The number of ether oxygens (including phenoxy) is 1. The number of carbonyl (C=O) groups excluding carboxylic acids is 1. The fraction of sp³-hybridized carbons (Fsp3) is 0.188. The summed E-state index contributed by atoms with van der Waals surface area (Å²) in [5.74, 6) is -0.156. The van der Waals surface area contributed by atoms with E-state index in [-0.39, 0.29) is 23.2 Å². The molecule has 21 heavy (non-hydrogen) atoms. The van der Waals surface area contributed by atoms with E-state index >= 15 is 0 Å². The second-order valence-corrected chi connectivity index (χ2v) is 4.74. The standard InChI is InChI=1S/C16H17FN2O2/c1-10(11-3-5-15(21-2)6-4-11)19-16(20)12-7-13(17)9-14(18)8-12/h3-10H,18H2,1-2H3,(H,19,20). The van der Waals surface area contributed by atoms with E-state index in [0.717, 1.165) is 17.4 Å². The van der Waals surface area contributed by atoms with Crippen molar-refractivity contribution in [1.82, 2.24) is 5.32 Å². The molecule has 0 aliphatic rings. The van der Waals surface area contributed by atoms with Crippen LogP contribution in [-0.4, -0.2) is 13.0 Å². The third kappa shape index (κ3) is 3.72. The first-order chi connectivity index (χ1) is 9.99. The highest BCUT2D eigenvalue weighted by molar-refractivity contribution is 5.95. The molecule has 0 bridgehead atoms. The van der Waals surface area contributed by atoms with Gasteiger partial charge in [0.05, 0.1) is 13.2 Å². The van der Waals surface area contributed by atoms with Crippen LogP contribution < -0.4 is 15.8 Å². The van der Waals surface area contributed by atoms with Gasteiger partial charge in [-0.1, -0.05) is 12.1 Å². The third-order valence-electron chi connectivity index (χ3n) is 3.15. The van der Waals surface area contributed by atoms with E-state index in [2.05, 4.69) is 5.32 Å². The number of methoxy groups -OCH3 is 1. The summed E-state index contributed by atoms with van der Waals surface area (Å²) in [7, 11) is 1.59. The van der Waals surface area contributed by atoms with Crippen LogP contribution in [0, 0.1) is 5.82 Å². The van der Waals surface area contributed by atoms with Crippen molar-refractivity contribution in [3.05, 3.63) is 59.4 Å². The van der Waals surface area contributed by atoms with Gasteiger partial charge in [0, 0.05) is 11.3 Å². The number of hydrogen-bond donors (Lipinski definition) is 2. The van der Waals surface area contributed by atoms with Gasteiger partial charge in [-0.2, -0.15) is 0 Å². The maximum Gasteiger partial charge on any atom is 0.251 e. The highest BCUT2D eigenvalue weighted by Crippen LogP contribution is 2.18. The van der Waals surface area contributed by atoms with E-state index in [1.165, 1.54) is 12.1 Å².